The molecule has 2 aliphatic heterocycles. The van der Waals surface area contributed by atoms with Crippen LogP contribution in [0, 0.1) is 0 Å². The van der Waals surface area contributed by atoms with Crippen LogP contribution in [0.4, 0.5) is 0 Å². The predicted octanol–water partition coefficient (Wildman–Crippen LogP) is 4.67. The number of hydrogen-bond donors (Lipinski definition) is 4. The van der Waals surface area contributed by atoms with Crippen LogP contribution in [0.15, 0.2) is 43.6 Å². The summed E-state index contributed by atoms with van der Waals surface area (Å²) in [6.45, 7) is 7.48. The molecule has 0 aliphatic carbocycles. The highest BCUT2D eigenvalue weighted by Crippen LogP contribution is 2.25. The van der Waals surface area contributed by atoms with Gasteiger partial charge in [-0.25, -0.2) is 0 Å². The maximum atomic E-state index is 9.62. The zero-order valence-electron chi connectivity index (χ0n) is 16.0. The Bertz CT molecular complexity index is 1260. The largest absolute Gasteiger partial charge is 0.495 e. The predicted molar refractivity (Wildman–Crippen MR) is 119 cm³/mol. The molecule has 148 valence electrons. The van der Waals surface area contributed by atoms with Crippen molar-refractivity contribution in [2.45, 2.75) is 0 Å². The van der Waals surface area contributed by atoms with Gasteiger partial charge in [0.15, 0.2) is 11.8 Å². The van der Waals surface area contributed by atoms with Crippen LogP contribution in [0.25, 0.3) is 47.7 Å². The second-order valence-electron chi connectivity index (χ2n) is 6.52. The quantitative estimate of drug-likeness (QED) is 0.378. The van der Waals surface area contributed by atoms with Gasteiger partial charge in [0.05, 0.1) is 17.6 Å². The molecular weight excluding hydrogens is 378 g/mol. The Morgan fingerprint density at radius 2 is 1.43 bits per heavy atom. The molecule has 4 rings (SSSR count). The van der Waals surface area contributed by atoms with Crippen molar-refractivity contribution in [2.75, 3.05) is 0 Å². The van der Waals surface area contributed by atoms with Gasteiger partial charge >= 0.3 is 0 Å². The normalized spacial score (nSPS) is 11.6. The maximum Gasteiger partial charge on any atom is 0.189 e. The monoisotopic (exact) mass is 397 g/mol. The van der Waals surface area contributed by atoms with Crippen molar-refractivity contribution in [3.8, 4) is 23.0 Å². The lowest BCUT2D eigenvalue weighted by molar-refractivity contribution is 0.456. The molecule has 7 heteroatoms. The number of rotatable bonds is 6. The first-order valence-corrected chi connectivity index (χ1v) is 9.15. The van der Waals surface area contributed by atoms with Crippen LogP contribution in [0.2, 0.25) is 0 Å². The number of H-pyrrole nitrogens is 2. The number of aromatic hydroxyl groups is 2. The van der Waals surface area contributed by atoms with Crippen molar-refractivity contribution in [1.29, 1.82) is 0 Å². The summed E-state index contributed by atoms with van der Waals surface area (Å²) in [4.78, 5) is 10.2. The van der Waals surface area contributed by atoms with E-state index in [-0.39, 0.29) is 11.8 Å². The van der Waals surface area contributed by atoms with Gasteiger partial charge in [-0.05, 0) is 36.4 Å². The summed E-state index contributed by atoms with van der Waals surface area (Å²) in [5, 5.41) is 27.6. The highest BCUT2D eigenvalue weighted by atomic mass is 16.3. The lowest BCUT2D eigenvalue weighted by atomic mass is 10.1. The minimum Gasteiger partial charge on any atom is -0.495 e. The van der Waals surface area contributed by atoms with Crippen LogP contribution in [0.1, 0.15) is 33.9 Å². The Morgan fingerprint density at radius 3 is 2.07 bits per heavy atom. The van der Waals surface area contributed by atoms with E-state index in [4.69, 9.17) is 0 Å². The van der Waals surface area contributed by atoms with E-state index in [1.165, 1.54) is 0 Å². The third-order valence-electron chi connectivity index (χ3n) is 4.57. The SMILES string of the molecule is C=Cc1cc(O)[nH]c1/C=C/c1ccc2c(/C=C/c3[nH]c(O)cc3C=C)nnc-2cn1. The minimum atomic E-state index is 0.0741. The van der Waals surface area contributed by atoms with Crippen molar-refractivity contribution in [3.63, 3.8) is 0 Å². The van der Waals surface area contributed by atoms with Gasteiger partial charge in [0.25, 0.3) is 0 Å². The van der Waals surface area contributed by atoms with E-state index in [1.807, 2.05) is 36.4 Å². The number of aromatic amines is 2. The zero-order chi connectivity index (χ0) is 21.1. The van der Waals surface area contributed by atoms with Gasteiger partial charge < -0.3 is 20.2 Å². The van der Waals surface area contributed by atoms with E-state index in [9.17, 15) is 10.2 Å². The molecule has 0 atom stereocenters. The molecule has 2 aromatic heterocycles. The summed E-state index contributed by atoms with van der Waals surface area (Å²) in [7, 11) is 0. The molecule has 4 N–H and O–H groups in total. The summed E-state index contributed by atoms with van der Waals surface area (Å²) in [5.41, 5.74) is 5.98. The van der Waals surface area contributed by atoms with Crippen molar-refractivity contribution in [2.24, 2.45) is 0 Å². The van der Waals surface area contributed by atoms with Crippen molar-refractivity contribution in [3.05, 3.63) is 77.5 Å². The van der Waals surface area contributed by atoms with Crippen LogP contribution < -0.4 is 0 Å². The standard InChI is InChI=1S/C23H19N5O2/c1-3-14-11-22(29)25-18(14)8-6-16-5-7-17-20(27-28-21(17)13-24-16)10-9-19-15(4-2)12-23(30)26-19/h3-13,25-26,29-30H,1-2H2/b8-6+,10-9+. The summed E-state index contributed by atoms with van der Waals surface area (Å²) in [6.07, 6.45) is 12.3. The molecule has 0 unspecified atom stereocenters. The molecule has 2 aromatic rings. The highest BCUT2D eigenvalue weighted by Gasteiger charge is 2.11. The Labute approximate surface area is 172 Å². The second kappa shape index (κ2) is 7.92. The zero-order valence-corrected chi connectivity index (χ0v) is 16.0. The van der Waals surface area contributed by atoms with Crippen molar-refractivity contribution < 1.29 is 10.2 Å². The van der Waals surface area contributed by atoms with Crippen LogP contribution in [0.3, 0.4) is 0 Å². The number of hydrogen-bond acceptors (Lipinski definition) is 5. The van der Waals surface area contributed by atoms with Gasteiger partial charge in [-0.2, -0.15) is 0 Å². The van der Waals surface area contributed by atoms with Gasteiger partial charge in [-0.3, -0.25) is 4.98 Å². The number of nitrogens with one attached hydrogen (secondary N) is 2. The number of nitrogens with zero attached hydrogens (tertiary/aromatic N) is 3. The van der Waals surface area contributed by atoms with E-state index in [2.05, 4.69) is 38.3 Å². The lowest BCUT2D eigenvalue weighted by Crippen LogP contribution is -1.77. The van der Waals surface area contributed by atoms with Gasteiger partial charge in [-0.1, -0.05) is 25.3 Å². The van der Waals surface area contributed by atoms with E-state index >= 15 is 0 Å². The fraction of sp³-hybridized carbons (Fsp3) is 0. The van der Waals surface area contributed by atoms with Gasteiger partial charge in [0, 0.05) is 40.2 Å². The van der Waals surface area contributed by atoms with Crippen molar-refractivity contribution >= 4 is 36.5 Å². The summed E-state index contributed by atoms with van der Waals surface area (Å²) in [6, 6.07) is 6.98. The summed E-state index contributed by atoms with van der Waals surface area (Å²) < 4.78 is 0. The average molecular weight is 397 g/mol. The van der Waals surface area contributed by atoms with Crippen molar-refractivity contribution in [1.82, 2.24) is 25.1 Å². The van der Waals surface area contributed by atoms with E-state index in [0.717, 1.165) is 33.8 Å². The molecule has 0 aromatic carbocycles. The molecule has 7 nitrogen and oxygen atoms in total. The molecule has 0 saturated carbocycles. The first-order valence-electron chi connectivity index (χ1n) is 9.15. The molecule has 30 heavy (non-hydrogen) atoms. The Kier molecular flexibility index (Phi) is 5.00. The molecule has 0 saturated heterocycles. The molecular formula is C23H19N5O2. The van der Waals surface area contributed by atoms with E-state index in [1.54, 1.807) is 30.5 Å². The maximum absolute atomic E-state index is 9.62. The minimum absolute atomic E-state index is 0.0741. The Hall–Kier alpha value is -4.39. The summed E-state index contributed by atoms with van der Waals surface area (Å²) in [5.74, 6) is 0.154. The highest BCUT2D eigenvalue weighted by molar-refractivity contribution is 5.80. The molecule has 0 amide bonds. The number of aromatic nitrogens is 5. The molecule has 0 bridgehead atoms. The summed E-state index contributed by atoms with van der Waals surface area (Å²) >= 11 is 0. The van der Waals surface area contributed by atoms with Crippen LogP contribution >= 0.6 is 0 Å². The van der Waals surface area contributed by atoms with E-state index < -0.39 is 0 Å². The molecule has 0 fully saturated rings. The fourth-order valence-corrected chi connectivity index (χ4v) is 3.07. The van der Waals surface area contributed by atoms with Crippen LogP contribution in [0.5, 0.6) is 11.8 Å². The van der Waals surface area contributed by atoms with Crippen LogP contribution in [-0.2, 0) is 0 Å². The van der Waals surface area contributed by atoms with Gasteiger partial charge in [0.1, 0.15) is 5.69 Å². The van der Waals surface area contributed by atoms with Gasteiger partial charge in [0.2, 0.25) is 0 Å². The Balaban J connectivity index is 1.62. The van der Waals surface area contributed by atoms with Gasteiger partial charge in [-0.15, -0.1) is 10.2 Å². The first-order chi connectivity index (χ1) is 14.6. The molecule has 4 heterocycles. The average Bonchev–Trinajstić information content (AvgIpc) is 3.37. The molecule has 0 spiro atoms. The molecule has 0 radical (unpaired) electrons. The fourth-order valence-electron chi connectivity index (χ4n) is 3.07. The topological polar surface area (TPSA) is 111 Å². The van der Waals surface area contributed by atoms with E-state index in [0.29, 0.717) is 11.4 Å². The lowest BCUT2D eigenvalue weighted by Gasteiger charge is -1.92. The smallest absolute Gasteiger partial charge is 0.189 e. The third-order valence-corrected chi connectivity index (χ3v) is 4.57. The second-order valence-corrected chi connectivity index (χ2v) is 6.52. The van der Waals surface area contributed by atoms with Crippen LogP contribution in [-0.4, -0.2) is 35.4 Å². The molecule has 2 aliphatic rings. The first kappa shape index (κ1) is 18.9. The number of fused-ring (bicyclic) bond motifs is 1. The Morgan fingerprint density at radius 1 is 0.800 bits per heavy atom. The third kappa shape index (κ3) is 3.77.